The van der Waals surface area contributed by atoms with Gasteiger partial charge in [0.05, 0.1) is 34.2 Å². The fraction of sp³-hybridized carbons (Fsp3) is 0.571. The Kier molecular flexibility index (Phi) is 11.7. The van der Waals surface area contributed by atoms with Crippen LogP contribution in [0.3, 0.4) is 0 Å². The molecule has 4 N–H and O–H groups in total. The number of thiazole rings is 1. The molecule has 15 heteroatoms. The second kappa shape index (κ2) is 16.4. The molecule has 0 unspecified atom stereocenters. The lowest BCUT2D eigenvalue weighted by Gasteiger charge is -2.62. The molecule has 306 valence electrons. The molecule has 0 bridgehead atoms. The SMILES string of the molecule is Cc1ncsc1-c1ccc([C@H](C)NC(=O)[C@@H]2C[C@@H](CO)CN2C(=O)[C@@H](NC(=O)CN2CCN(C3CC4(C3)CN(c3ccc(C(=O)O)cn3)C4)CC2)C(C)(C)C)cc1. The van der Waals surface area contributed by atoms with Crippen LogP contribution < -0.4 is 15.5 Å². The molecule has 57 heavy (non-hydrogen) atoms. The first-order valence-electron chi connectivity index (χ1n) is 20.1. The van der Waals surface area contributed by atoms with Gasteiger partial charge in [0.15, 0.2) is 0 Å². The van der Waals surface area contributed by atoms with E-state index in [0.29, 0.717) is 17.9 Å². The smallest absolute Gasteiger partial charge is 0.337 e. The van der Waals surface area contributed by atoms with Gasteiger partial charge in [-0.3, -0.25) is 24.2 Å². The van der Waals surface area contributed by atoms with Crippen molar-refractivity contribution >= 4 is 40.8 Å². The van der Waals surface area contributed by atoms with Crippen molar-refractivity contribution < 1.29 is 29.4 Å². The topological polar surface area (TPSA) is 172 Å². The van der Waals surface area contributed by atoms with E-state index in [2.05, 4.69) is 35.3 Å². The molecule has 3 aromatic rings. The number of piperazine rings is 1. The van der Waals surface area contributed by atoms with Crippen LogP contribution in [-0.2, 0) is 14.4 Å². The van der Waals surface area contributed by atoms with Crippen molar-refractivity contribution in [2.75, 3.05) is 63.9 Å². The molecule has 7 rings (SSSR count). The van der Waals surface area contributed by atoms with E-state index >= 15 is 0 Å². The summed E-state index contributed by atoms with van der Waals surface area (Å²) < 4.78 is 0. The number of nitrogens with zero attached hydrogens (tertiary/aromatic N) is 6. The number of benzene rings is 1. The van der Waals surface area contributed by atoms with Crippen LogP contribution in [0.15, 0.2) is 48.1 Å². The number of aryl methyl sites for hydroxylation is 1. The second-order valence-corrected chi connectivity index (χ2v) is 18.6. The Bertz CT molecular complexity index is 1930. The average molecular weight is 801 g/mol. The van der Waals surface area contributed by atoms with Gasteiger partial charge >= 0.3 is 5.97 Å². The molecule has 3 aliphatic heterocycles. The third-order valence-electron chi connectivity index (χ3n) is 12.4. The molecular formula is C42H56N8O6S. The lowest BCUT2D eigenvalue weighted by Crippen LogP contribution is -2.68. The van der Waals surface area contributed by atoms with E-state index < -0.39 is 23.5 Å². The van der Waals surface area contributed by atoms with Crippen molar-refractivity contribution in [3.63, 3.8) is 0 Å². The van der Waals surface area contributed by atoms with E-state index in [9.17, 15) is 24.3 Å². The van der Waals surface area contributed by atoms with Crippen molar-refractivity contribution in [1.82, 2.24) is 35.3 Å². The maximum atomic E-state index is 14.3. The van der Waals surface area contributed by atoms with E-state index in [1.165, 1.54) is 6.20 Å². The summed E-state index contributed by atoms with van der Waals surface area (Å²) in [5, 5.41) is 25.4. The molecule has 4 fully saturated rings. The number of amides is 3. The van der Waals surface area contributed by atoms with Gasteiger partial charge < -0.3 is 30.6 Å². The summed E-state index contributed by atoms with van der Waals surface area (Å²) in [6.45, 7) is 15.1. The number of carbonyl (C=O) groups excluding carboxylic acids is 3. The number of aliphatic hydroxyl groups excluding tert-OH is 1. The number of nitrogens with one attached hydrogen (secondary N) is 2. The average Bonchev–Trinajstić information content (AvgIpc) is 3.79. The van der Waals surface area contributed by atoms with Crippen LogP contribution in [0.25, 0.3) is 10.4 Å². The highest BCUT2D eigenvalue weighted by Crippen LogP contribution is 2.51. The number of aromatic nitrogens is 2. The number of likely N-dealkylation sites (tertiary alicyclic amines) is 1. The number of carboxylic acids is 1. The van der Waals surface area contributed by atoms with Gasteiger partial charge in [-0.15, -0.1) is 11.3 Å². The highest BCUT2D eigenvalue weighted by molar-refractivity contribution is 7.13. The van der Waals surface area contributed by atoms with Gasteiger partial charge in [0, 0.05) is 76.0 Å². The molecule has 1 saturated carbocycles. The first kappa shape index (κ1) is 40.7. The number of aromatic carboxylic acids is 1. The molecule has 4 aliphatic rings. The number of carbonyl (C=O) groups is 4. The molecule has 14 nitrogen and oxygen atoms in total. The maximum Gasteiger partial charge on any atom is 0.337 e. The normalized spacial score (nSPS) is 22.4. The zero-order valence-corrected chi connectivity index (χ0v) is 34.4. The number of pyridine rings is 1. The summed E-state index contributed by atoms with van der Waals surface area (Å²) in [5.74, 6) is -1.19. The monoisotopic (exact) mass is 800 g/mol. The van der Waals surface area contributed by atoms with Crippen molar-refractivity contribution in [1.29, 1.82) is 0 Å². The minimum absolute atomic E-state index is 0.136. The Morgan fingerprint density at radius 3 is 2.26 bits per heavy atom. The minimum atomic E-state index is -0.973. The van der Waals surface area contributed by atoms with Gasteiger partial charge in [0.1, 0.15) is 17.9 Å². The molecule has 5 heterocycles. The molecule has 0 radical (unpaired) electrons. The number of hydrogen-bond acceptors (Lipinski definition) is 11. The van der Waals surface area contributed by atoms with Crippen molar-refractivity contribution in [2.45, 2.75) is 78.0 Å². The van der Waals surface area contributed by atoms with Crippen LogP contribution in [0.5, 0.6) is 0 Å². The fourth-order valence-corrected chi connectivity index (χ4v) is 9.85. The molecular weight excluding hydrogens is 745 g/mol. The van der Waals surface area contributed by atoms with Gasteiger partial charge in [0.25, 0.3) is 0 Å². The molecule has 2 aromatic heterocycles. The van der Waals surface area contributed by atoms with Crippen molar-refractivity contribution in [2.24, 2.45) is 16.7 Å². The van der Waals surface area contributed by atoms with Crippen LogP contribution >= 0.6 is 11.3 Å². The van der Waals surface area contributed by atoms with Crippen LogP contribution in [0.4, 0.5) is 5.82 Å². The predicted molar refractivity (Wildman–Crippen MR) is 218 cm³/mol. The van der Waals surface area contributed by atoms with E-state index in [-0.39, 0.29) is 54.9 Å². The molecule has 1 aliphatic carbocycles. The zero-order chi connectivity index (χ0) is 40.6. The largest absolute Gasteiger partial charge is 0.478 e. The molecule has 1 spiro atoms. The Morgan fingerprint density at radius 1 is 0.982 bits per heavy atom. The van der Waals surface area contributed by atoms with Crippen molar-refractivity contribution in [3.8, 4) is 10.4 Å². The lowest BCUT2D eigenvalue weighted by molar-refractivity contribution is -0.144. The predicted octanol–water partition coefficient (Wildman–Crippen LogP) is 3.42. The quantitative estimate of drug-likeness (QED) is 0.212. The standard InChI is InChI=1S/C42H56N8O6S/c1-26(29-6-8-30(9-7-29)36-27(2)44-25-57-36)45-38(53)33-16-28(22-51)20-50(33)39(54)37(41(3,4)5)46-35(52)21-47-12-14-48(15-13-47)32-17-42(18-32)23-49(24-42)34-11-10-31(19-43-34)40(55)56/h6-11,19,25-26,28,32-33,37,51H,12-18,20-24H2,1-5H3,(H,45,53)(H,46,52)(H,55,56)/t26-,28+,33-,37+/m0/s1. The van der Waals surface area contributed by atoms with E-state index in [1.807, 2.05) is 64.4 Å². The summed E-state index contributed by atoms with van der Waals surface area (Å²) in [6.07, 6.45) is 4.01. The second-order valence-electron chi connectivity index (χ2n) is 17.7. The van der Waals surface area contributed by atoms with Crippen LogP contribution in [0, 0.1) is 23.7 Å². The number of anilines is 1. The minimum Gasteiger partial charge on any atom is -0.478 e. The molecule has 1 aromatic carbocycles. The number of rotatable bonds is 12. The van der Waals surface area contributed by atoms with E-state index in [1.54, 1.807) is 28.4 Å². The Balaban J connectivity index is 0.888. The summed E-state index contributed by atoms with van der Waals surface area (Å²) in [7, 11) is 0. The van der Waals surface area contributed by atoms with Crippen molar-refractivity contribution in [3.05, 3.63) is 64.9 Å². The Hall–Kier alpha value is -4.44. The van der Waals surface area contributed by atoms with E-state index in [4.69, 9.17) is 5.11 Å². The number of carboxylic acid groups (broad SMARTS) is 1. The van der Waals surface area contributed by atoms with Crippen LogP contribution in [-0.4, -0.2) is 136 Å². The lowest BCUT2D eigenvalue weighted by atomic mass is 9.60. The summed E-state index contributed by atoms with van der Waals surface area (Å²) in [4.78, 5) is 71.1. The van der Waals surface area contributed by atoms with E-state index in [0.717, 1.165) is 79.6 Å². The van der Waals surface area contributed by atoms with Gasteiger partial charge in [-0.1, -0.05) is 45.0 Å². The van der Waals surface area contributed by atoms with Crippen LogP contribution in [0.1, 0.15) is 74.6 Å². The molecule has 4 atom stereocenters. The van der Waals surface area contributed by atoms with Gasteiger partial charge in [-0.05, 0) is 61.8 Å². The summed E-state index contributed by atoms with van der Waals surface area (Å²) in [6, 6.07) is 10.0. The highest BCUT2D eigenvalue weighted by Gasteiger charge is 2.54. The number of hydrogen-bond donors (Lipinski definition) is 4. The third-order valence-corrected chi connectivity index (χ3v) is 13.4. The Labute approximate surface area is 338 Å². The zero-order valence-electron chi connectivity index (χ0n) is 33.6. The first-order valence-corrected chi connectivity index (χ1v) is 20.9. The third kappa shape index (κ3) is 8.86. The summed E-state index contributed by atoms with van der Waals surface area (Å²) >= 11 is 1.59. The Morgan fingerprint density at radius 2 is 1.68 bits per heavy atom. The first-order chi connectivity index (χ1) is 27.1. The van der Waals surface area contributed by atoms with Gasteiger partial charge in [-0.2, -0.15) is 0 Å². The van der Waals surface area contributed by atoms with Gasteiger partial charge in [-0.25, -0.2) is 14.8 Å². The number of aliphatic hydroxyl groups is 1. The summed E-state index contributed by atoms with van der Waals surface area (Å²) in [5.41, 5.74) is 4.68. The van der Waals surface area contributed by atoms with Crippen LogP contribution in [0.2, 0.25) is 0 Å². The van der Waals surface area contributed by atoms with Gasteiger partial charge in [0.2, 0.25) is 17.7 Å². The molecule has 3 saturated heterocycles. The molecule has 3 amide bonds. The fourth-order valence-electron chi connectivity index (χ4n) is 9.03. The maximum absolute atomic E-state index is 14.3. The highest BCUT2D eigenvalue weighted by atomic mass is 32.1.